The van der Waals surface area contributed by atoms with Crippen molar-refractivity contribution < 1.29 is 14.4 Å². The van der Waals surface area contributed by atoms with Crippen LogP contribution in [0.4, 0.5) is 0 Å². The van der Waals surface area contributed by atoms with Gasteiger partial charge in [-0.2, -0.15) is 0 Å². The maximum atomic E-state index is 11.6. The molecule has 0 aliphatic carbocycles. The summed E-state index contributed by atoms with van der Waals surface area (Å²) in [6.07, 6.45) is 1.35. The molecule has 1 atom stereocenters. The maximum Gasteiger partial charge on any atom is 0.246 e. The standard InChI is InChI=1S/C9H15N3O3/c1-2-3-6(10)9(15)12-4-7(13)11-8(14)5-12/h6H,2-5,10H2,1H3,(H,11,13,14). The van der Waals surface area contributed by atoms with E-state index in [9.17, 15) is 14.4 Å². The average Bonchev–Trinajstić information content (AvgIpc) is 2.15. The Morgan fingerprint density at radius 3 is 2.47 bits per heavy atom. The lowest BCUT2D eigenvalue weighted by Gasteiger charge is -2.27. The Kier molecular flexibility index (Phi) is 3.79. The molecular formula is C9H15N3O3. The molecule has 0 spiro atoms. The van der Waals surface area contributed by atoms with Crippen LogP contribution in [0.5, 0.6) is 0 Å². The Hall–Kier alpha value is -1.43. The Balaban J connectivity index is 2.58. The second-order valence-corrected chi connectivity index (χ2v) is 3.56. The van der Waals surface area contributed by atoms with Gasteiger partial charge in [-0.1, -0.05) is 13.3 Å². The predicted octanol–water partition coefficient (Wildman–Crippen LogP) is -1.40. The fraction of sp³-hybridized carbons (Fsp3) is 0.667. The van der Waals surface area contributed by atoms with Gasteiger partial charge in [0.1, 0.15) is 13.1 Å². The van der Waals surface area contributed by atoms with Crippen LogP contribution in [0.15, 0.2) is 0 Å². The monoisotopic (exact) mass is 213 g/mol. The molecule has 0 aromatic carbocycles. The molecule has 0 bridgehead atoms. The van der Waals surface area contributed by atoms with Crippen LogP contribution in [0.3, 0.4) is 0 Å². The first kappa shape index (κ1) is 11.6. The second kappa shape index (κ2) is 4.88. The van der Waals surface area contributed by atoms with Crippen LogP contribution < -0.4 is 11.1 Å². The Bertz CT molecular complexity index is 274. The number of nitrogens with zero attached hydrogens (tertiary/aromatic N) is 1. The van der Waals surface area contributed by atoms with Crippen LogP contribution in [-0.2, 0) is 14.4 Å². The molecule has 1 rings (SSSR count). The molecule has 0 aromatic heterocycles. The van der Waals surface area contributed by atoms with Gasteiger partial charge < -0.3 is 10.6 Å². The zero-order valence-corrected chi connectivity index (χ0v) is 8.66. The lowest BCUT2D eigenvalue weighted by molar-refractivity contribution is -0.146. The van der Waals surface area contributed by atoms with Gasteiger partial charge in [-0.25, -0.2) is 0 Å². The summed E-state index contributed by atoms with van der Waals surface area (Å²) in [5.41, 5.74) is 5.62. The first-order valence-electron chi connectivity index (χ1n) is 4.91. The molecule has 6 nitrogen and oxygen atoms in total. The summed E-state index contributed by atoms with van der Waals surface area (Å²) in [6.45, 7) is 1.76. The number of piperazine rings is 1. The van der Waals surface area contributed by atoms with Crippen LogP contribution in [0.2, 0.25) is 0 Å². The van der Waals surface area contributed by atoms with Gasteiger partial charge in [0.2, 0.25) is 17.7 Å². The van der Waals surface area contributed by atoms with Gasteiger partial charge in [0, 0.05) is 0 Å². The van der Waals surface area contributed by atoms with Gasteiger partial charge >= 0.3 is 0 Å². The van der Waals surface area contributed by atoms with E-state index in [0.717, 1.165) is 6.42 Å². The third kappa shape index (κ3) is 3.02. The number of hydrogen-bond acceptors (Lipinski definition) is 4. The van der Waals surface area contributed by atoms with E-state index in [4.69, 9.17) is 5.73 Å². The number of rotatable bonds is 3. The molecule has 1 aliphatic heterocycles. The summed E-state index contributed by atoms with van der Waals surface area (Å²) in [4.78, 5) is 34.8. The van der Waals surface area contributed by atoms with Crippen molar-refractivity contribution in [1.29, 1.82) is 0 Å². The Morgan fingerprint density at radius 2 is 2.00 bits per heavy atom. The van der Waals surface area contributed by atoms with Crippen LogP contribution in [-0.4, -0.2) is 41.8 Å². The summed E-state index contributed by atoms with van der Waals surface area (Å²) in [5.74, 6) is -1.24. The quantitative estimate of drug-likeness (QED) is 0.564. The Morgan fingerprint density at radius 1 is 1.47 bits per heavy atom. The highest BCUT2D eigenvalue weighted by molar-refractivity contribution is 6.03. The second-order valence-electron chi connectivity index (χ2n) is 3.56. The minimum atomic E-state index is -0.617. The molecule has 84 valence electrons. The third-order valence-corrected chi connectivity index (χ3v) is 2.18. The Labute approximate surface area is 87.8 Å². The van der Waals surface area contributed by atoms with Crippen molar-refractivity contribution in [3.8, 4) is 0 Å². The van der Waals surface area contributed by atoms with Gasteiger partial charge in [0.15, 0.2) is 0 Å². The smallest absolute Gasteiger partial charge is 0.246 e. The molecule has 3 N–H and O–H groups in total. The highest BCUT2D eigenvalue weighted by Gasteiger charge is 2.28. The van der Waals surface area contributed by atoms with Crippen molar-refractivity contribution in [3.05, 3.63) is 0 Å². The van der Waals surface area contributed by atoms with Crippen LogP contribution in [0.25, 0.3) is 0 Å². The van der Waals surface area contributed by atoms with Gasteiger partial charge in [-0.05, 0) is 6.42 Å². The molecule has 0 aromatic rings. The van der Waals surface area contributed by atoms with Crippen molar-refractivity contribution in [2.24, 2.45) is 5.73 Å². The summed E-state index contributed by atoms with van der Waals surface area (Å²) in [7, 11) is 0. The fourth-order valence-electron chi connectivity index (χ4n) is 1.46. The zero-order chi connectivity index (χ0) is 11.4. The van der Waals surface area contributed by atoms with Crippen LogP contribution in [0, 0.1) is 0 Å². The first-order valence-corrected chi connectivity index (χ1v) is 4.91. The summed E-state index contributed by atoms with van der Waals surface area (Å²) >= 11 is 0. The summed E-state index contributed by atoms with van der Waals surface area (Å²) < 4.78 is 0. The number of amides is 3. The van der Waals surface area contributed by atoms with Gasteiger partial charge in [-0.15, -0.1) is 0 Å². The van der Waals surface area contributed by atoms with Crippen molar-refractivity contribution >= 4 is 17.7 Å². The molecule has 15 heavy (non-hydrogen) atoms. The summed E-state index contributed by atoms with van der Waals surface area (Å²) in [5, 5.41) is 2.12. The molecule has 6 heteroatoms. The predicted molar refractivity (Wildman–Crippen MR) is 52.6 cm³/mol. The number of hydrogen-bond donors (Lipinski definition) is 2. The van der Waals surface area contributed by atoms with Crippen molar-refractivity contribution in [3.63, 3.8) is 0 Å². The van der Waals surface area contributed by atoms with E-state index in [1.165, 1.54) is 4.90 Å². The van der Waals surface area contributed by atoms with Gasteiger partial charge in [-0.3, -0.25) is 19.7 Å². The van der Waals surface area contributed by atoms with Gasteiger partial charge in [0.05, 0.1) is 6.04 Å². The number of nitrogens with two attached hydrogens (primary N) is 1. The van der Waals surface area contributed by atoms with E-state index in [1.54, 1.807) is 0 Å². The number of nitrogens with one attached hydrogen (secondary N) is 1. The minimum absolute atomic E-state index is 0.0814. The zero-order valence-electron chi connectivity index (χ0n) is 8.66. The third-order valence-electron chi connectivity index (χ3n) is 2.18. The number of carbonyl (C=O) groups excluding carboxylic acids is 3. The van der Waals surface area contributed by atoms with E-state index in [1.807, 2.05) is 6.92 Å². The molecule has 1 fully saturated rings. The molecule has 1 unspecified atom stereocenters. The van der Waals surface area contributed by atoms with Crippen molar-refractivity contribution in [1.82, 2.24) is 10.2 Å². The van der Waals surface area contributed by atoms with Crippen molar-refractivity contribution in [2.45, 2.75) is 25.8 Å². The topological polar surface area (TPSA) is 92.5 Å². The lowest BCUT2D eigenvalue weighted by Crippen LogP contribution is -2.56. The van der Waals surface area contributed by atoms with E-state index < -0.39 is 17.9 Å². The van der Waals surface area contributed by atoms with E-state index in [-0.39, 0.29) is 19.0 Å². The van der Waals surface area contributed by atoms with E-state index >= 15 is 0 Å². The van der Waals surface area contributed by atoms with Gasteiger partial charge in [0.25, 0.3) is 0 Å². The molecule has 0 saturated carbocycles. The van der Waals surface area contributed by atoms with E-state index in [0.29, 0.717) is 6.42 Å². The lowest BCUT2D eigenvalue weighted by atomic mass is 10.1. The molecule has 1 saturated heterocycles. The molecule has 1 aliphatic rings. The number of imide groups is 1. The first-order chi connectivity index (χ1) is 7.04. The van der Waals surface area contributed by atoms with Crippen LogP contribution in [0.1, 0.15) is 19.8 Å². The van der Waals surface area contributed by atoms with E-state index in [2.05, 4.69) is 5.32 Å². The fourth-order valence-corrected chi connectivity index (χ4v) is 1.46. The maximum absolute atomic E-state index is 11.6. The highest BCUT2D eigenvalue weighted by Crippen LogP contribution is 2.02. The van der Waals surface area contributed by atoms with Crippen LogP contribution >= 0.6 is 0 Å². The normalized spacial score (nSPS) is 18.7. The largest absolute Gasteiger partial charge is 0.323 e. The van der Waals surface area contributed by atoms with Crippen molar-refractivity contribution in [2.75, 3.05) is 13.1 Å². The SMILES string of the molecule is CCCC(N)C(=O)N1CC(=O)NC(=O)C1. The summed E-state index contributed by atoms with van der Waals surface area (Å²) in [6, 6.07) is -0.617. The molecule has 3 amide bonds. The average molecular weight is 213 g/mol. The minimum Gasteiger partial charge on any atom is -0.323 e. The molecule has 0 radical (unpaired) electrons. The molecular weight excluding hydrogens is 198 g/mol. The number of carbonyl (C=O) groups is 3. The highest BCUT2D eigenvalue weighted by atomic mass is 16.2. The molecule has 1 heterocycles.